The fourth-order valence-electron chi connectivity index (χ4n) is 1.97. The summed E-state index contributed by atoms with van der Waals surface area (Å²) in [5.74, 6) is 0. The molecule has 1 aliphatic heterocycles. The summed E-state index contributed by atoms with van der Waals surface area (Å²) in [7, 11) is 0. The van der Waals surface area contributed by atoms with Crippen molar-refractivity contribution in [3.63, 3.8) is 0 Å². The van der Waals surface area contributed by atoms with Crippen molar-refractivity contribution in [1.82, 2.24) is 4.90 Å². The molecular weight excluding hydrogens is 254 g/mol. The van der Waals surface area contributed by atoms with E-state index in [1.54, 1.807) is 0 Å². The molecule has 0 saturated heterocycles. The number of rotatable bonds is 7. The van der Waals surface area contributed by atoms with Crippen LogP contribution < -0.4 is 0 Å². The maximum Gasteiger partial charge on any atom is 0.0431 e. The van der Waals surface area contributed by atoms with Crippen molar-refractivity contribution in [2.24, 2.45) is 0 Å². The van der Waals surface area contributed by atoms with Gasteiger partial charge in [-0.25, -0.2) is 0 Å². The van der Waals surface area contributed by atoms with Crippen LogP contribution in [0.5, 0.6) is 0 Å². The fraction of sp³-hybridized carbons (Fsp3) is 0.833. The van der Waals surface area contributed by atoms with E-state index in [-0.39, 0.29) is 17.0 Å². The van der Waals surface area contributed by atoms with Gasteiger partial charge in [0.15, 0.2) is 0 Å². The van der Waals surface area contributed by atoms with Gasteiger partial charge in [-0.15, -0.1) is 17.0 Å². The first-order chi connectivity index (χ1) is 6.84. The van der Waals surface area contributed by atoms with Crippen molar-refractivity contribution in [3.8, 4) is 0 Å². The van der Waals surface area contributed by atoms with Gasteiger partial charge >= 0.3 is 0 Å². The molecule has 0 spiro atoms. The molecular formula is C12H24BrNO. The first-order valence-corrected chi connectivity index (χ1v) is 5.87. The van der Waals surface area contributed by atoms with Crippen LogP contribution in [0, 0.1) is 0 Å². The molecule has 90 valence electrons. The fourth-order valence-corrected chi connectivity index (χ4v) is 1.97. The van der Waals surface area contributed by atoms with Crippen molar-refractivity contribution in [2.75, 3.05) is 19.7 Å². The van der Waals surface area contributed by atoms with Gasteiger partial charge in [0, 0.05) is 25.4 Å². The maximum absolute atomic E-state index is 8.61. The van der Waals surface area contributed by atoms with Gasteiger partial charge in [-0.05, 0) is 26.2 Å². The lowest BCUT2D eigenvalue weighted by molar-refractivity contribution is 0.281. The van der Waals surface area contributed by atoms with Crippen LogP contribution in [0.25, 0.3) is 0 Å². The molecule has 2 nitrogen and oxygen atoms in total. The molecule has 0 aromatic heterocycles. The molecule has 0 amide bonds. The van der Waals surface area contributed by atoms with Crippen LogP contribution in [-0.4, -0.2) is 29.7 Å². The van der Waals surface area contributed by atoms with Crippen LogP contribution in [0.2, 0.25) is 0 Å². The molecule has 0 fully saturated rings. The minimum Gasteiger partial charge on any atom is -0.396 e. The number of unbranched alkanes of at least 4 members (excludes halogenated alkanes) is 4. The van der Waals surface area contributed by atoms with E-state index in [1.807, 2.05) is 0 Å². The lowest BCUT2D eigenvalue weighted by Crippen LogP contribution is -2.19. The summed E-state index contributed by atoms with van der Waals surface area (Å²) >= 11 is 0. The zero-order chi connectivity index (χ0) is 10.2. The number of aliphatic hydroxyl groups excluding tert-OH is 1. The molecule has 0 unspecified atom stereocenters. The summed E-state index contributed by atoms with van der Waals surface area (Å²) in [5.41, 5.74) is 1.46. The van der Waals surface area contributed by atoms with Crippen molar-refractivity contribution in [3.05, 3.63) is 11.8 Å². The molecule has 15 heavy (non-hydrogen) atoms. The van der Waals surface area contributed by atoms with Crippen LogP contribution in [-0.2, 0) is 0 Å². The summed E-state index contributed by atoms with van der Waals surface area (Å²) < 4.78 is 0. The number of allylic oxidation sites excluding steroid dienone is 1. The zero-order valence-electron chi connectivity index (χ0n) is 9.74. The Balaban J connectivity index is 0.00000196. The Labute approximate surface area is 104 Å². The molecule has 0 radical (unpaired) electrons. The molecule has 1 aliphatic rings. The Morgan fingerprint density at radius 3 is 2.47 bits per heavy atom. The lowest BCUT2D eigenvalue weighted by atomic mass is 10.1. The quantitative estimate of drug-likeness (QED) is 0.723. The van der Waals surface area contributed by atoms with E-state index in [4.69, 9.17) is 5.11 Å². The number of hydrogen-bond donors (Lipinski definition) is 1. The normalized spacial score (nSPS) is 15.1. The first-order valence-electron chi connectivity index (χ1n) is 5.87. The zero-order valence-corrected chi connectivity index (χ0v) is 11.5. The molecule has 0 bridgehead atoms. The summed E-state index contributed by atoms with van der Waals surface area (Å²) in [4.78, 5) is 2.48. The van der Waals surface area contributed by atoms with Gasteiger partial charge in [0.25, 0.3) is 0 Å². The Morgan fingerprint density at radius 2 is 1.87 bits per heavy atom. The van der Waals surface area contributed by atoms with Gasteiger partial charge < -0.3 is 10.0 Å². The third kappa shape index (κ3) is 6.21. The number of halogens is 1. The highest BCUT2D eigenvalue weighted by Crippen LogP contribution is 2.15. The monoisotopic (exact) mass is 277 g/mol. The SMILES string of the molecule is Br.CC1=CCCN1CCCCCCCO. The second-order valence-corrected chi connectivity index (χ2v) is 4.11. The van der Waals surface area contributed by atoms with Crippen LogP contribution in [0.4, 0.5) is 0 Å². The second-order valence-electron chi connectivity index (χ2n) is 4.11. The predicted molar refractivity (Wildman–Crippen MR) is 70.4 cm³/mol. The third-order valence-electron chi connectivity index (χ3n) is 2.92. The van der Waals surface area contributed by atoms with E-state index in [2.05, 4.69) is 17.9 Å². The first kappa shape index (κ1) is 15.0. The summed E-state index contributed by atoms with van der Waals surface area (Å²) in [6.07, 6.45) is 9.60. The van der Waals surface area contributed by atoms with E-state index in [9.17, 15) is 0 Å². The predicted octanol–water partition coefficient (Wildman–Crippen LogP) is 3.12. The summed E-state index contributed by atoms with van der Waals surface area (Å²) in [6, 6.07) is 0. The highest BCUT2D eigenvalue weighted by molar-refractivity contribution is 8.93. The molecule has 0 aliphatic carbocycles. The Morgan fingerprint density at radius 1 is 1.20 bits per heavy atom. The molecule has 1 heterocycles. The molecule has 1 rings (SSSR count). The van der Waals surface area contributed by atoms with Crippen LogP contribution in [0.1, 0.15) is 45.4 Å². The Kier molecular flexibility index (Phi) is 9.21. The van der Waals surface area contributed by atoms with Gasteiger partial charge in [-0.3, -0.25) is 0 Å². The third-order valence-corrected chi connectivity index (χ3v) is 2.92. The van der Waals surface area contributed by atoms with Crippen LogP contribution in [0.3, 0.4) is 0 Å². The standard InChI is InChI=1S/C12H23NO.BrH/c1-12-8-7-10-13(12)9-5-3-2-4-6-11-14;/h8,14H,2-7,9-11H2,1H3;1H. The van der Waals surface area contributed by atoms with E-state index >= 15 is 0 Å². The van der Waals surface area contributed by atoms with Crippen molar-refractivity contribution in [2.45, 2.75) is 45.4 Å². The average molecular weight is 278 g/mol. The van der Waals surface area contributed by atoms with E-state index < -0.39 is 0 Å². The summed E-state index contributed by atoms with van der Waals surface area (Å²) in [5, 5.41) is 8.61. The van der Waals surface area contributed by atoms with Gasteiger partial charge in [-0.2, -0.15) is 0 Å². The molecule has 3 heteroatoms. The van der Waals surface area contributed by atoms with Crippen LogP contribution in [0.15, 0.2) is 11.8 Å². The molecule has 0 atom stereocenters. The number of aliphatic hydroxyl groups is 1. The molecule has 0 aromatic carbocycles. The van der Waals surface area contributed by atoms with E-state index in [0.29, 0.717) is 6.61 Å². The van der Waals surface area contributed by atoms with Gasteiger partial charge in [0.1, 0.15) is 0 Å². The molecule has 0 saturated carbocycles. The Hall–Kier alpha value is -0.0200. The lowest BCUT2D eigenvalue weighted by Gasteiger charge is -2.19. The summed E-state index contributed by atoms with van der Waals surface area (Å²) in [6.45, 7) is 5.01. The van der Waals surface area contributed by atoms with Crippen molar-refractivity contribution >= 4 is 17.0 Å². The topological polar surface area (TPSA) is 23.5 Å². The minimum atomic E-state index is 0. The van der Waals surface area contributed by atoms with Crippen molar-refractivity contribution in [1.29, 1.82) is 0 Å². The smallest absolute Gasteiger partial charge is 0.0431 e. The highest BCUT2D eigenvalue weighted by atomic mass is 79.9. The van der Waals surface area contributed by atoms with Crippen LogP contribution >= 0.6 is 17.0 Å². The number of nitrogens with zero attached hydrogens (tertiary/aromatic N) is 1. The average Bonchev–Trinajstić information content (AvgIpc) is 2.58. The Bertz CT molecular complexity index is 182. The molecule has 0 aromatic rings. The maximum atomic E-state index is 8.61. The van der Waals surface area contributed by atoms with E-state index in [0.717, 1.165) is 6.42 Å². The highest BCUT2D eigenvalue weighted by Gasteiger charge is 2.09. The molecule has 1 N–H and O–H groups in total. The van der Waals surface area contributed by atoms with Crippen molar-refractivity contribution < 1.29 is 5.11 Å². The number of hydrogen-bond acceptors (Lipinski definition) is 2. The van der Waals surface area contributed by atoms with Gasteiger partial charge in [0.05, 0.1) is 0 Å². The van der Waals surface area contributed by atoms with Gasteiger partial charge in [-0.1, -0.05) is 25.3 Å². The second kappa shape index (κ2) is 9.22. The largest absolute Gasteiger partial charge is 0.396 e. The minimum absolute atomic E-state index is 0. The van der Waals surface area contributed by atoms with Gasteiger partial charge in [0.2, 0.25) is 0 Å². The van der Waals surface area contributed by atoms with E-state index in [1.165, 1.54) is 50.9 Å².